The zero-order valence-corrected chi connectivity index (χ0v) is 16.3. The summed E-state index contributed by atoms with van der Waals surface area (Å²) >= 11 is 0. The van der Waals surface area contributed by atoms with Gasteiger partial charge in [-0.15, -0.1) is 0 Å². The average molecular weight is 382 g/mol. The third-order valence-electron chi connectivity index (χ3n) is 5.00. The molecule has 1 fully saturated rings. The minimum atomic E-state index is -0.108. The number of benzene rings is 2. The van der Waals surface area contributed by atoms with Crippen molar-refractivity contribution in [2.24, 2.45) is 0 Å². The summed E-state index contributed by atoms with van der Waals surface area (Å²) in [5.74, 6) is 0.913. The molecule has 0 bridgehead atoms. The van der Waals surface area contributed by atoms with Gasteiger partial charge >= 0.3 is 0 Å². The molecule has 3 rings (SSSR count). The van der Waals surface area contributed by atoms with E-state index in [0.29, 0.717) is 36.6 Å². The fourth-order valence-corrected chi connectivity index (χ4v) is 3.51. The van der Waals surface area contributed by atoms with Crippen LogP contribution in [0.2, 0.25) is 0 Å². The first-order valence-electron chi connectivity index (χ1n) is 9.46. The van der Waals surface area contributed by atoms with Gasteiger partial charge in [-0.1, -0.05) is 36.4 Å². The van der Waals surface area contributed by atoms with Crippen LogP contribution in [0.15, 0.2) is 48.5 Å². The summed E-state index contributed by atoms with van der Waals surface area (Å²) in [6, 6.07) is 15.1. The van der Waals surface area contributed by atoms with E-state index in [-0.39, 0.29) is 17.9 Å². The number of carbonyl (C=O) groups excluding carboxylic acids is 2. The molecule has 6 nitrogen and oxygen atoms in total. The van der Waals surface area contributed by atoms with Crippen molar-refractivity contribution in [2.45, 2.75) is 25.3 Å². The highest BCUT2D eigenvalue weighted by Crippen LogP contribution is 2.30. The first-order chi connectivity index (χ1) is 13.6. The summed E-state index contributed by atoms with van der Waals surface area (Å²) in [5.41, 5.74) is 1.44. The highest BCUT2D eigenvalue weighted by molar-refractivity contribution is 5.99. The van der Waals surface area contributed by atoms with Gasteiger partial charge in [0.25, 0.3) is 5.91 Å². The van der Waals surface area contributed by atoms with Crippen molar-refractivity contribution >= 4 is 11.8 Å². The van der Waals surface area contributed by atoms with E-state index in [4.69, 9.17) is 9.47 Å². The van der Waals surface area contributed by atoms with Crippen LogP contribution in [-0.4, -0.2) is 50.1 Å². The number of nitrogens with one attached hydrogen (secondary N) is 1. The molecule has 2 amide bonds. The van der Waals surface area contributed by atoms with Crippen molar-refractivity contribution in [3.63, 3.8) is 0 Å². The lowest BCUT2D eigenvalue weighted by molar-refractivity contribution is -0.121. The minimum Gasteiger partial charge on any atom is -0.496 e. The molecule has 148 valence electrons. The van der Waals surface area contributed by atoms with E-state index in [1.807, 2.05) is 30.3 Å². The molecule has 1 saturated heterocycles. The number of methoxy groups -OCH3 is 2. The lowest BCUT2D eigenvalue weighted by Gasteiger charge is -2.33. The SMILES string of the molecule is COc1cccc(OC)c1C(=O)N1CCC(NC(=O)Cc2ccccc2)CC1. The Kier molecular flexibility index (Phi) is 6.53. The number of hydrogen-bond acceptors (Lipinski definition) is 4. The number of ether oxygens (including phenoxy) is 2. The molecule has 1 aliphatic rings. The molecule has 1 aliphatic heterocycles. The summed E-state index contributed by atoms with van der Waals surface area (Å²) in [6.45, 7) is 1.16. The molecule has 0 atom stereocenters. The molecule has 2 aromatic rings. The van der Waals surface area contributed by atoms with E-state index >= 15 is 0 Å². The van der Waals surface area contributed by atoms with E-state index in [2.05, 4.69) is 5.32 Å². The number of carbonyl (C=O) groups is 2. The molecule has 1 heterocycles. The lowest BCUT2D eigenvalue weighted by Crippen LogP contribution is -2.47. The van der Waals surface area contributed by atoms with Gasteiger partial charge in [0.05, 0.1) is 20.6 Å². The fraction of sp³-hybridized carbons (Fsp3) is 0.364. The van der Waals surface area contributed by atoms with Crippen molar-refractivity contribution in [1.29, 1.82) is 0 Å². The number of likely N-dealkylation sites (tertiary alicyclic amines) is 1. The van der Waals surface area contributed by atoms with Crippen LogP contribution in [0.5, 0.6) is 11.5 Å². The molecule has 6 heteroatoms. The highest BCUT2D eigenvalue weighted by Gasteiger charge is 2.28. The normalized spacial score (nSPS) is 14.4. The quantitative estimate of drug-likeness (QED) is 0.834. The van der Waals surface area contributed by atoms with Crippen molar-refractivity contribution in [2.75, 3.05) is 27.3 Å². The van der Waals surface area contributed by atoms with E-state index in [1.54, 1.807) is 37.3 Å². The Bertz CT molecular complexity index is 792. The maximum atomic E-state index is 13.0. The molecule has 28 heavy (non-hydrogen) atoms. The minimum absolute atomic E-state index is 0.0161. The Morgan fingerprint density at radius 1 is 0.964 bits per heavy atom. The summed E-state index contributed by atoms with van der Waals surface area (Å²) in [6.07, 6.45) is 1.83. The zero-order chi connectivity index (χ0) is 19.9. The number of nitrogens with zero attached hydrogens (tertiary/aromatic N) is 1. The van der Waals surface area contributed by atoms with E-state index in [9.17, 15) is 9.59 Å². The van der Waals surface area contributed by atoms with Gasteiger partial charge in [-0.05, 0) is 30.5 Å². The predicted molar refractivity (Wildman–Crippen MR) is 107 cm³/mol. The second-order valence-electron chi connectivity index (χ2n) is 6.83. The van der Waals surface area contributed by atoms with Crippen LogP contribution in [-0.2, 0) is 11.2 Å². The standard InChI is InChI=1S/C22H26N2O4/c1-27-18-9-6-10-19(28-2)21(18)22(26)24-13-11-17(12-14-24)23-20(25)15-16-7-4-3-5-8-16/h3-10,17H,11-15H2,1-2H3,(H,23,25). The molecule has 0 radical (unpaired) electrons. The van der Waals surface area contributed by atoms with Gasteiger partial charge in [-0.25, -0.2) is 0 Å². The molecule has 0 aliphatic carbocycles. The molecule has 0 unspecified atom stereocenters. The Hall–Kier alpha value is -3.02. The maximum absolute atomic E-state index is 13.0. The average Bonchev–Trinajstić information content (AvgIpc) is 2.73. The van der Waals surface area contributed by atoms with Crippen molar-refractivity contribution in [3.8, 4) is 11.5 Å². The molecule has 2 aromatic carbocycles. The van der Waals surface area contributed by atoms with Crippen molar-refractivity contribution in [1.82, 2.24) is 10.2 Å². The molecular weight excluding hydrogens is 356 g/mol. The first kappa shape index (κ1) is 19.7. The summed E-state index contributed by atoms with van der Waals surface area (Å²) in [7, 11) is 3.08. The molecule has 1 N–H and O–H groups in total. The number of rotatable bonds is 6. The lowest BCUT2D eigenvalue weighted by atomic mass is 10.0. The summed E-state index contributed by atoms with van der Waals surface area (Å²) in [5, 5.41) is 3.09. The first-order valence-corrected chi connectivity index (χ1v) is 9.46. The van der Waals surface area contributed by atoms with E-state index in [0.717, 1.165) is 18.4 Å². The molecular formula is C22H26N2O4. The Labute approximate surface area is 165 Å². The van der Waals surface area contributed by atoms with E-state index in [1.165, 1.54) is 0 Å². The van der Waals surface area contributed by atoms with Gasteiger partial charge in [-0.2, -0.15) is 0 Å². The van der Waals surface area contributed by atoms with Gasteiger partial charge in [0, 0.05) is 19.1 Å². The summed E-state index contributed by atoms with van der Waals surface area (Å²) in [4.78, 5) is 27.1. The summed E-state index contributed by atoms with van der Waals surface area (Å²) < 4.78 is 10.7. The number of hydrogen-bond donors (Lipinski definition) is 1. The van der Waals surface area contributed by atoms with Crippen molar-refractivity contribution in [3.05, 3.63) is 59.7 Å². The van der Waals surface area contributed by atoms with Crippen molar-refractivity contribution < 1.29 is 19.1 Å². The van der Waals surface area contributed by atoms with Gasteiger partial charge < -0.3 is 19.7 Å². The molecule has 0 spiro atoms. The van der Waals surface area contributed by atoms with Gasteiger partial charge in [0.15, 0.2) is 0 Å². The van der Waals surface area contributed by atoms with Crippen LogP contribution in [0, 0.1) is 0 Å². The monoisotopic (exact) mass is 382 g/mol. The van der Waals surface area contributed by atoms with E-state index < -0.39 is 0 Å². The van der Waals surface area contributed by atoms with Crippen LogP contribution in [0.25, 0.3) is 0 Å². The maximum Gasteiger partial charge on any atom is 0.261 e. The van der Waals surface area contributed by atoms with Gasteiger partial charge in [0.1, 0.15) is 17.1 Å². The second-order valence-corrected chi connectivity index (χ2v) is 6.83. The third kappa shape index (κ3) is 4.63. The van der Waals surface area contributed by atoms with Crippen LogP contribution < -0.4 is 14.8 Å². The Morgan fingerprint density at radius 3 is 2.14 bits per heavy atom. The van der Waals surface area contributed by atoms with Crippen LogP contribution in [0.4, 0.5) is 0 Å². The topological polar surface area (TPSA) is 67.9 Å². The van der Waals surface area contributed by atoms with Gasteiger partial charge in [0.2, 0.25) is 5.91 Å². The van der Waals surface area contributed by atoms with Crippen LogP contribution >= 0.6 is 0 Å². The fourth-order valence-electron chi connectivity index (χ4n) is 3.51. The molecule has 0 aromatic heterocycles. The second kappa shape index (κ2) is 9.26. The van der Waals surface area contributed by atoms with Crippen LogP contribution in [0.3, 0.4) is 0 Å². The third-order valence-corrected chi connectivity index (χ3v) is 5.00. The number of piperidine rings is 1. The van der Waals surface area contributed by atoms with Crippen LogP contribution in [0.1, 0.15) is 28.8 Å². The predicted octanol–water partition coefficient (Wildman–Crippen LogP) is 2.67. The Balaban J connectivity index is 1.57. The largest absolute Gasteiger partial charge is 0.496 e. The zero-order valence-electron chi connectivity index (χ0n) is 16.3. The number of amides is 2. The highest BCUT2D eigenvalue weighted by atomic mass is 16.5. The smallest absolute Gasteiger partial charge is 0.261 e. The molecule has 0 saturated carbocycles. The van der Waals surface area contributed by atoms with Gasteiger partial charge in [-0.3, -0.25) is 9.59 Å². The Morgan fingerprint density at radius 2 is 1.57 bits per heavy atom.